The van der Waals surface area contributed by atoms with Crippen LogP contribution in [0.1, 0.15) is 77.3 Å². The molecule has 3 heterocycles. The van der Waals surface area contributed by atoms with Crippen LogP contribution in [0, 0.1) is 5.92 Å². The monoisotopic (exact) mass is 987 g/mol. The third-order valence-electron chi connectivity index (χ3n) is 12.8. The summed E-state index contributed by atoms with van der Waals surface area (Å²) < 4.78 is 0. The van der Waals surface area contributed by atoms with Crippen molar-refractivity contribution in [2.45, 2.75) is 140 Å². The van der Waals surface area contributed by atoms with E-state index in [4.69, 9.17) is 11.5 Å². The number of hydrogen-bond donors (Lipinski definition) is 12. The SMILES string of the molecule is CC[C@@H](C)[C@H](NC(=O)[C@@H]1CCC(=O)N1)C(=O)N[C@H](C(=O)N[C@@H](Cc1ccccc1)C(=O)N[C@H](C(=O)N1CCC[C@@H]1C(=O)N[C@@H](CC(N)=O)C(=O)N[C@@H](Cc1c[nH]c2ccccc12)C(N)=O)[C@@H](C)O)[C@@H](C)O. The van der Waals surface area contributed by atoms with Crippen molar-refractivity contribution < 1.29 is 58.2 Å². The average molecular weight is 988 g/mol. The molecule has 2 aromatic carbocycles. The van der Waals surface area contributed by atoms with Gasteiger partial charge in [0, 0.05) is 42.9 Å². The number of H-pyrrole nitrogens is 1. The Hall–Kier alpha value is -7.40. The zero-order chi connectivity index (χ0) is 52.1. The third kappa shape index (κ3) is 14.6. The van der Waals surface area contributed by atoms with Crippen molar-refractivity contribution in [1.82, 2.24) is 47.1 Å². The number of nitrogens with one attached hydrogen (secondary N) is 8. The van der Waals surface area contributed by atoms with Crippen LogP contribution in [0.4, 0.5) is 0 Å². The Morgan fingerprint density at radius 3 is 1.94 bits per heavy atom. The number of aromatic amines is 1. The standard InChI is InChI=1S/C48H65N11O12/c1-5-24(2)38(56-42(65)31-17-18-37(63)52-31)46(69)57-39(25(3)60)47(70)55-33(20-27-12-7-6-8-13-27)44(67)58-40(26(4)61)48(71)59-19-11-16-35(59)45(68)54-34(22-36(49)62)43(66)53-32(41(50)64)21-28-23-51-30-15-10-9-14-29(28)30/h6-10,12-15,23-26,31-35,38-40,51,60-61H,5,11,16-22H2,1-4H3,(H2,49,62)(H2,50,64)(H,52,63)(H,53,66)(H,54,68)(H,55,70)(H,56,65)(H,57,69)(H,58,67)/t24-,25-,26-,31+,32+,33+,34+,35-,38+,39+,40+/m1/s1. The molecule has 0 saturated carbocycles. The van der Waals surface area contributed by atoms with Gasteiger partial charge in [-0.15, -0.1) is 0 Å². The van der Waals surface area contributed by atoms with Gasteiger partial charge in [-0.05, 0) is 56.2 Å². The van der Waals surface area contributed by atoms with Crippen molar-refractivity contribution in [3.63, 3.8) is 0 Å². The summed E-state index contributed by atoms with van der Waals surface area (Å²) in [5, 5.41) is 40.2. The van der Waals surface area contributed by atoms with Crippen molar-refractivity contribution in [3.05, 3.63) is 71.9 Å². The van der Waals surface area contributed by atoms with E-state index in [0.29, 0.717) is 17.5 Å². The summed E-state index contributed by atoms with van der Waals surface area (Å²) in [4.78, 5) is 138. The molecule has 71 heavy (non-hydrogen) atoms. The Morgan fingerprint density at radius 1 is 0.704 bits per heavy atom. The highest BCUT2D eigenvalue weighted by molar-refractivity contribution is 6.00. The normalized spacial score (nSPS) is 19.3. The van der Waals surface area contributed by atoms with Crippen LogP contribution in [0.3, 0.4) is 0 Å². The molecule has 3 aromatic rings. The third-order valence-corrected chi connectivity index (χ3v) is 12.8. The van der Waals surface area contributed by atoms with Gasteiger partial charge < -0.3 is 68.8 Å². The number of para-hydroxylation sites is 1. The van der Waals surface area contributed by atoms with Crippen LogP contribution < -0.4 is 48.7 Å². The molecule has 1 aromatic heterocycles. The zero-order valence-electron chi connectivity index (χ0n) is 40.1. The number of likely N-dealkylation sites (tertiary alicyclic amines) is 1. The molecule has 384 valence electrons. The molecular formula is C48H65N11O12. The molecule has 0 spiro atoms. The van der Waals surface area contributed by atoms with E-state index in [1.165, 1.54) is 13.8 Å². The first-order chi connectivity index (χ1) is 33.7. The lowest BCUT2D eigenvalue weighted by Gasteiger charge is -2.32. The molecule has 0 unspecified atom stereocenters. The van der Waals surface area contributed by atoms with Gasteiger partial charge >= 0.3 is 0 Å². The fraction of sp³-hybridized carbons (Fsp3) is 0.500. The van der Waals surface area contributed by atoms with Crippen LogP contribution in [-0.4, -0.2) is 146 Å². The quantitative estimate of drug-likeness (QED) is 0.0437. The smallest absolute Gasteiger partial charge is 0.248 e. The maximum Gasteiger partial charge on any atom is 0.248 e. The average Bonchev–Trinajstić information content (AvgIpc) is 4.11. The van der Waals surface area contributed by atoms with E-state index in [9.17, 15) is 58.2 Å². The van der Waals surface area contributed by atoms with Gasteiger partial charge in [0.05, 0.1) is 18.6 Å². The minimum atomic E-state index is -1.70. The molecule has 5 rings (SSSR count). The highest BCUT2D eigenvalue weighted by Crippen LogP contribution is 2.22. The second-order valence-electron chi connectivity index (χ2n) is 18.2. The van der Waals surface area contributed by atoms with E-state index in [1.807, 2.05) is 18.2 Å². The van der Waals surface area contributed by atoms with Crippen LogP contribution in [-0.2, 0) is 60.8 Å². The number of rotatable bonds is 24. The lowest BCUT2D eigenvalue weighted by molar-refractivity contribution is -0.145. The van der Waals surface area contributed by atoms with Crippen molar-refractivity contribution in [2.75, 3.05) is 6.54 Å². The summed E-state index contributed by atoms with van der Waals surface area (Å²) in [6.07, 6.45) is -1.19. The molecule has 2 aliphatic heterocycles. The highest BCUT2D eigenvalue weighted by Gasteiger charge is 2.42. The highest BCUT2D eigenvalue weighted by atomic mass is 16.3. The number of aromatic nitrogens is 1. The summed E-state index contributed by atoms with van der Waals surface area (Å²) >= 11 is 0. The number of primary amides is 2. The number of nitrogens with two attached hydrogens (primary N) is 2. The maximum atomic E-state index is 14.3. The van der Waals surface area contributed by atoms with Gasteiger partial charge in [-0.1, -0.05) is 68.8 Å². The first kappa shape index (κ1) is 54.5. The van der Waals surface area contributed by atoms with Crippen LogP contribution in [0.25, 0.3) is 10.9 Å². The molecule has 10 amide bonds. The predicted molar refractivity (Wildman–Crippen MR) is 255 cm³/mol. The lowest BCUT2D eigenvalue weighted by atomic mass is 9.97. The molecule has 23 nitrogen and oxygen atoms in total. The van der Waals surface area contributed by atoms with E-state index < -0.39 is 126 Å². The Bertz CT molecular complexity index is 2450. The number of carbonyl (C=O) groups is 10. The summed E-state index contributed by atoms with van der Waals surface area (Å²) in [6.45, 7) is 5.92. The van der Waals surface area contributed by atoms with Crippen molar-refractivity contribution in [1.29, 1.82) is 0 Å². The molecule has 2 fully saturated rings. The summed E-state index contributed by atoms with van der Waals surface area (Å²) in [6, 6.07) is 4.66. The summed E-state index contributed by atoms with van der Waals surface area (Å²) in [7, 11) is 0. The van der Waals surface area contributed by atoms with Gasteiger partial charge in [-0.2, -0.15) is 0 Å². The molecule has 0 aliphatic carbocycles. The van der Waals surface area contributed by atoms with Gasteiger partial charge in [0.15, 0.2) is 0 Å². The number of hydrogen-bond acceptors (Lipinski definition) is 12. The molecule has 23 heteroatoms. The van der Waals surface area contributed by atoms with Gasteiger partial charge in [-0.3, -0.25) is 47.9 Å². The first-order valence-electron chi connectivity index (χ1n) is 23.6. The van der Waals surface area contributed by atoms with Gasteiger partial charge in [0.2, 0.25) is 59.1 Å². The largest absolute Gasteiger partial charge is 0.391 e. The van der Waals surface area contributed by atoms with E-state index in [-0.39, 0.29) is 51.0 Å². The topological polar surface area (TPSA) is 366 Å². The molecule has 0 bridgehead atoms. The van der Waals surface area contributed by atoms with E-state index in [1.54, 1.807) is 56.4 Å². The zero-order valence-corrected chi connectivity index (χ0v) is 40.1. The predicted octanol–water partition coefficient (Wildman–Crippen LogP) is -2.70. The van der Waals surface area contributed by atoms with Crippen LogP contribution in [0.15, 0.2) is 60.8 Å². The molecule has 2 aliphatic rings. The molecule has 0 radical (unpaired) electrons. The Balaban J connectivity index is 1.30. The van der Waals surface area contributed by atoms with Gasteiger partial charge in [-0.25, -0.2) is 0 Å². The molecule has 14 N–H and O–H groups in total. The van der Waals surface area contributed by atoms with Crippen molar-refractivity contribution in [2.24, 2.45) is 17.4 Å². The first-order valence-corrected chi connectivity index (χ1v) is 23.6. The molecule has 2 saturated heterocycles. The van der Waals surface area contributed by atoms with E-state index >= 15 is 0 Å². The molecular weight excluding hydrogens is 923 g/mol. The van der Waals surface area contributed by atoms with Crippen LogP contribution >= 0.6 is 0 Å². The fourth-order valence-corrected chi connectivity index (χ4v) is 8.55. The van der Waals surface area contributed by atoms with E-state index in [2.05, 4.69) is 42.2 Å². The number of aliphatic hydroxyl groups is 2. The number of carbonyl (C=O) groups excluding carboxylic acids is 10. The summed E-state index contributed by atoms with van der Waals surface area (Å²) in [5.74, 6) is -8.74. The minimum absolute atomic E-state index is 0.0234. The van der Waals surface area contributed by atoms with Gasteiger partial charge in [0.1, 0.15) is 48.3 Å². The molecule has 11 atom stereocenters. The number of aliphatic hydroxyl groups excluding tert-OH is 2. The minimum Gasteiger partial charge on any atom is -0.391 e. The van der Waals surface area contributed by atoms with E-state index in [0.717, 1.165) is 15.8 Å². The summed E-state index contributed by atoms with van der Waals surface area (Å²) in [5.41, 5.74) is 13.1. The lowest BCUT2D eigenvalue weighted by Crippen LogP contribution is -2.63. The fourth-order valence-electron chi connectivity index (χ4n) is 8.55. The second-order valence-corrected chi connectivity index (χ2v) is 18.2. The van der Waals surface area contributed by atoms with Gasteiger partial charge in [0.25, 0.3) is 0 Å². The van der Waals surface area contributed by atoms with Crippen LogP contribution in [0.5, 0.6) is 0 Å². The number of fused-ring (bicyclic) bond motifs is 1. The number of benzene rings is 2. The Morgan fingerprint density at radius 2 is 1.32 bits per heavy atom. The van der Waals surface area contributed by atoms with Crippen molar-refractivity contribution >= 4 is 70.0 Å². The second kappa shape index (κ2) is 24.9. The number of amides is 10. The maximum absolute atomic E-state index is 14.3. The Kier molecular flexibility index (Phi) is 19.2. The van der Waals surface area contributed by atoms with Crippen LogP contribution in [0.2, 0.25) is 0 Å². The Labute approximate surface area is 409 Å². The number of nitrogens with zero attached hydrogens (tertiary/aromatic N) is 1. The van der Waals surface area contributed by atoms with Crippen molar-refractivity contribution in [3.8, 4) is 0 Å².